The van der Waals surface area contributed by atoms with Crippen molar-refractivity contribution in [1.82, 2.24) is 0 Å². The monoisotopic (exact) mass is 432 g/mol. The molecule has 0 bridgehead atoms. The molecule has 0 heterocycles. The van der Waals surface area contributed by atoms with Crippen LogP contribution < -0.4 is 4.90 Å². The summed E-state index contributed by atoms with van der Waals surface area (Å²) in [6.07, 6.45) is 1.85. The van der Waals surface area contributed by atoms with E-state index in [-0.39, 0.29) is 0 Å². The van der Waals surface area contributed by atoms with Gasteiger partial charge in [0.25, 0.3) is 0 Å². The first kappa shape index (κ1) is 18.8. The molecule has 1 nitrogen and oxygen atoms in total. The molecule has 17 heavy (non-hydrogen) atoms. The molecule has 0 saturated heterocycles. The van der Waals surface area contributed by atoms with E-state index in [9.17, 15) is 0 Å². The summed E-state index contributed by atoms with van der Waals surface area (Å²) >= 11 is 1.61. The molecule has 0 aliphatic rings. The summed E-state index contributed by atoms with van der Waals surface area (Å²) in [6, 6.07) is 8.28. The average Bonchev–Trinajstić information content (AvgIpc) is 2.31. The summed E-state index contributed by atoms with van der Waals surface area (Å²) < 4.78 is 0. The SMILES string of the molecule is C=Cc1ccc(N(C)C)cc1.[CH2]C(=C)C.[Cl][Pt]. The van der Waals surface area contributed by atoms with Gasteiger partial charge in [0.1, 0.15) is 0 Å². The second-order valence-corrected chi connectivity index (χ2v) is 3.65. The van der Waals surface area contributed by atoms with E-state index in [1.165, 1.54) is 5.69 Å². The Labute approximate surface area is 121 Å². The third kappa shape index (κ3) is 11.7. The van der Waals surface area contributed by atoms with Crippen LogP contribution >= 0.6 is 9.42 Å². The second kappa shape index (κ2) is 11.9. The first-order valence-electron chi connectivity index (χ1n) is 4.96. The molecule has 0 aliphatic heterocycles. The molecule has 3 heteroatoms. The summed E-state index contributed by atoms with van der Waals surface area (Å²) in [5.41, 5.74) is 3.30. The van der Waals surface area contributed by atoms with E-state index in [1.807, 2.05) is 27.1 Å². The van der Waals surface area contributed by atoms with Gasteiger partial charge < -0.3 is 4.90 Å². The normalized spacial score (nSPS) is 7.94. The molecule has 0 N–H and O–H groups in total. The zero-order valence-electron chi connectivity index (χ0n) is 10.6. The summed E-state index contributed by atoms with van der Waals surface area (Å²) in [5, 5.41) is 0. The number of allylic oxidation sites excluding steroid dienone is 1. The van der Waals surface area contributed by atoms with Gasteiger partial charge in [-0.1, -0.05) is 30.4 Å². The minimum atomic E-state index is 0.917. The molecule has 0 atom stereocenters. The number of halogens is 1. The Balaban J connectivity index is 0. The van der Waals surface area contributed by atoms with Gasteiger partial charge in [0.2, 0.25) is 0 Å². The van der Waals surface area contributed by atoms with Crippen LogP contribution in [0.25, 0.3) is 6.08 Å². The molecule has 0 unspecified atom stereocenters. The second-order valence-electron chi connectivity index (χ2n) is 3.65. The van der Waals surface area contributed by atoms with Crippen molar-refractivity contribution in [1.29, 1.82) is 0 Å². The van der Waals surface area contributed by atoms with Crippen molar-refractivity contribution < 1.29 is 18.8 Å². The fourth-order valence-electron chi connectivity index (χ4n) is 0.909. The molecule has 0 fully saturated rings. The van der Waals surface area contributed by atoms with Crippen LogP contribution in [0.3, 0.4) is 0 Å². The Morgan fingerprint density at radius 3 is 1.82 bits per heavy atom. The van der Waals surface area contributed by atoms with Gasteiger partial charge in [-0.25, -0.2) is 0 Å². The molecule has 0 aromatic heterocycles. The predicted octanol–water partition coefficient (Wildman–Crippen LogP) is 4.48. The maximum atomic E-state index is 4.61. The minimum absolute atomic E-state index is 0.917. The van der Waals surface area contributed by atoms with Crippen LogP contribution in [0.1, 0.15) is 12.5 Å². The van der Waals surface area contributed by atoms with E-state index in [1.54, 1.807) is 18.8 Å². The first-order chi connectivity index (χ1) is 7.97. The van der Waals surface area contributed by atoms with Crippen LogP contribution in [0.5, 0.6) is 0 Å². The van der Waals surface area contributed by atoms with Gasteiger partial charge >= 0.3 is 28.2 Å². The molecular formula is C14H20ClNPt. The molecule has 0 aliphatic carbocycles. The third-order valence-electron chi connectivity index (χ3n) is 1.65. The molecule has 98 valence electrons. The Hall–Kier alpha value is -0.522. The predicted molar refractivity (Wildman–Crippen MR) is 76.9 cm³/mol. The van der Waals surface area contributed by atoms with E-state index in [0.717, 1.165) is 11.1 Å². The van der Waals surface area contributed by atoms with Crippen molar-refractivity contribution in [3.05, 3.63) is 55.5 Å². The number of anilines is 1. The molecule has 1 aromatic carbocycles. The quantitative estimate of drug-likeness (QED) is 0.666. The van der Waals surface area contributed by atoms with Gasteiger partial charge in [0, 0.05) is 19.8 Å². The van der Waals surface area contributed by atoms with Crippen molar-refractivity contribution in [2.24, 2.45) is 0 Å². The Morgan fingerprint density at radius 2 is 1.59 bits per heavy atom. The summed E-state index contributed by atoms with van der Waals surface area (Å²) in [5.74, 6) is 0. The number of benzene rings is 1. The van der Waals surface area contributed by atoms with E-state index >= 15 is 0 Å². The Kier molecular flexibility index (Phi) is 13.2. The number of nitrogens with zero attached hydrogens (tertiary/aromatic N) is 1. The van der Waals surface area contributed by atoms with E-state index in [2.05, 4.69) is 58.7 Å². The molecule has 1 radical (unpaired) electrons. The van der Waals surface area contributed by atoms with Gasteiger partial charge in [-0.15, -0.1) is 6.58 Å². The number of hydrogen-bond acceptors (Lipinski definition) is 1. The van der Waals surface area contributed by atoms with E-state index < -0.39 is 0 Å². The molecule has 0 spiro atoms. The van der Waals surface area contributed by atoms with Gasteiger partial charge in [0.15, 0.2) is 0 Å². The van der Waals surface area contributed by atoms with Crippen LogP contribution in [-0.4, -0.2) is 14.1 Å². The van der Waals surface area contributed by atoms with Crippen molar-refractivity contribution in [3.63, 3.8) is 0 Å². The summed E-state index contributed by atoms with van der Waals surface area (Å²) in [4.78, 5) is 2.08. The molecule has 1 aromatic rings. The topological polar surface area (TPSA) is 3.24 Å². The fraction of sp³-hybridized carbons (Fsp3) is 0.214. The summed E-state index contributed by atoms with van der Waals surface area (Å²) in [6.45, 7) is 12.4. The van der Waals surface area contributed by atoms with Crippen LogP contribution in [0.15, 0.2) is 43.0 Å². The van der Waals surface area contributed by atoms with Crippen molar-refractivity contribution in [2.45, 2.75) is 6.92 Å². The van der Waals surface area contributed by atoms with E-state index in [0.29, 0.717) is 0 Å². The zero-order chi connectivity index (χ0) is 13.8. The molecule has 1 rings (SSSR count). The van der Waals surface area contributed by atoms with Crippen LogP contribution in [-0.2, 0) is 18.8 Å². The van der Waals surface area contributed by atoms with E-state index in [4.69, 9.17) is 0 Å². The Bertz CT molecular complexity index is 313. The molecule has 0 amide bonds. The number of hydrogen-bond donors (Lipinski definition) is 0. The zero-order valence-corrected chi connectivity index (χ0v) is 13.7. The van der Waals surface area contributed by atoms with Crippen LogP contribution in [0.4, 0.5) is 5.69 Å². The maximum absolute atomic E-state index is 4.61. The third-order valence-corrected chi connectivity index (χ3v) is 1.65. The standard InChI is InChI=1S/C10H13N.C4H7.ClH.Pt/c1-4-9-5-7-10(8-6-9)11(2)3;1-4(2)3;;/h4-8H,1H2,2-3H3;1-2H2,3H3;1H;/q;;;+1/p-1. The van der Waals surface area contributed by atoms with Gasteiger partial charge in [-0.2, -0.15) is 0 Å². The molecular weight excluding hydrogens is 413 g/mol. The van der Waals surface area contributed by atoms with Gasteiger partial charge in [0.05, 0.1) is 0 Å². The van der Waals surface area contributed by atoms with Crippen LogP contribution in [0, 0.1) is 6.92 Å². The Morgan fingerprint density at radius 1 is 1.24 bits per heavy atom. The van der Waals surface area contributed by atoms with Crippen molar-refractivity contribution in [3.8, 4) is 0 Å². The number of rotatable bonds is 2. The average molecular weight is 433 g/mol. The van der Waals surface area contributed by atoms with Gasteiger partial charge in [-0.3, -0.25) is 0 Å². The molecule has 0 saturated carbocycles. The van der Waals surface area contributed by atoms with Gasteiger partial charge in [-0.05, 0) is 31.5 Å². The van der Waals surface area contributed by atoms with Crippen LogP contribution in [0.2, 0.25) is 0 Å². The fourth-order valence-corrected chi connectivity index (χ4v) is 0.909. The van der Waals surface area contributed by atoms with Crippen molar-refractivity contribution >= 4 is 21.2 Å². The summed E-state index contributed by atoms with van der Waals surface area (Å²) in [7, 11) is 8.67. The first-order valence-corrected chi connectivity index (χ1v) is 7.78. The van der Waals surface area contributed by atoms with Crippen molar-refractivity contribution in [2.75, 3.05) is 19.0 Å².